The highest BCUT2D eigenvalue weighted by atomic mass is 35.7. The van der Waals surface area contributed by atoms with E-state index in [1.165, 1.54) is 0 Å². The van der Waals surface area contributed by atoms with E-state index in [9.17, 15) is 0 Å². The monoisotopic (exact) mass is 256 g/mol. The molecule has 3 heteroatoms. The average Bonchev–Trinajstić information content (AvgIpc) is 2.14. The summed E-state index contributed by atoms with van der Waals surface area (Å²) in [5.74, 6) is 2.26. The Morgan fingerprint density at radius 1 is 0.875 bits per heavy atom. The molecule has 0 saturated heterocycles. The molecule has 1 aliphatic heterocycles. The lowest BCUT2D eigenvalue weighted by Gasteiger charge is -2.44. The van der Waals surface area contributed by atoms with Crippen LogP contribution in [0.4, 0.5) is 0 Å². The van der Waals surface area contributed by atoms with Gasteiger partial charge in [0.25, 0.3) is 0 Å². The largest absolute Gasteiger partial charge is 0.393 e. The molecule has 0 aromatic carbocycles. The van der Waals surface area contributed by atoms with Crippen LogP contribution >= 0.6 is 17.7 Å². The van der Waals surface area contributed by atoms with E-state index < -0.39 is 6.49 Å². The molecule has 16 heavy (non-hydrogen) atoms. The first-order chi connectivity index (χ1) is 7.11. The minimum absolute atomic E-state index is 0.156. The number of halogens is 1. The third kappa shape index (κ3) is 2.41. The van der Waals surface area contributed by atoms with Crippen molar-refractivity contribution in [1.82, 2.24) is 0 Å². The van der Waals surface area contributed by atoms with Crippen LogP contribution in [0.5, 0.6) is 0 Å². The van der Waals surface area contributed by atoms with E-state index in [1.807, 2.05) is 0 Å². The molecule has 0 N–H and O–H groups in total. The fourth-order valence-corrected chi connectivity index (χ4v) is 7.49. The van der Waals surface area contributed by atoms with E-state index in [2.05, 4.69) is 72.1 Å². The Kier molecular flexibility index (Phi) is 4.03. The standard InChI is InChI=1S/C13H23BClP/c1-12(2,3)16(15,13(4,5)6)14-10-8-7-9-11-14/h7-11H,1-6H3/q+1. The number of allylic oxidation sites excluding steroid dienone is 3. The molecule has 0 amide bonds. The van der Waals surface area contributed by atoms with E-state index in [1.54, 1.807) is 0 Å². The highest BCUT2D eigenvalue weighted by molar-refractivity contribution is 8.23. The van der Waals surface area contributed by atoms with Gasteiger partial charge < -0.3 is 0 Å². The molecule has 0 fully saturated rings. The molecule has 0 unspecified atom stereocenters. The molecule has 0 bridgehead atoms. The van der Waals surface area contributed by atoms with Gasteiger partial charge in [-0.3, -0.25) is 0 Å². The molecule has 89 valence electrons. The van der Waals surface area contributed by atoms with Crippen molar-refractivity contribution < 1.29 is 0 Å². The molecular formula is C13H23BClP+. The summed E-state index contributed by atoms with van der Waals surface area (Å²) in [4.78, 5) is 0. The van der Waals surface area contributed by atoms with Gasteiger partial charge in [0.1, 0.15) is 0 Å². The van der Waals surface area contributed by atoms with Crippen molar-refractivity contribution in [3.63, 3.8) is 0 Å². The van der Waals surface area contributed by atoms with Crippen LogP contribution in [-0.4, -0.2) is 16.7 Å². The van der Waals surface area contributed by atoms with Gasteiger partial charge in [-0.1, -0.05) is 24.2 Å². The Bertz CT molecular complexity index is 293. The van der Waals surface area contributed by atoms with Gasteiger partial charge >= 0.3 is 6.43 Å². The molecule has 0 nitrogen and oxygen atoms in total. The summed E-state index contributed by atoms with van der Waals surface area (Å²) in [5.41, 5.74) is 0. The molecule has 1 heterocycles. The van der Waals surface area contributed by atoms with Crippen molar-refractivity contribution in [1.29, 1.82) is 0 Å². The maximum Gasteiger partial charge on any atom is 0.393 e. The Morgan fingerprint density at radius 3 is 1.69 bits per heavy atom. The molecule has 1 radical (unpaired) electrons. The van der Waals surface area contributed by atoms with Crippen LogP contribution in [0.1, 0.15) is 41.5 Å². The number of rotatable bonds is 1. The van der Waals surface area contributed by atoms with E-state index in [-0.39, 0.29) is 10.3 Å². The molecule has 0 aromatic rings. The van der Waals surface area contributed by atoms with Gasteiger partial charge in [-0.2, -0.15) is 0 Å². The van der Waals surface area contributed by atoms with Gasteiger partial charge in [0.2, 0.25) is 0 Å². The summed E-state index contributed by atoms with van der Waals surface area (Å²) < 4.78 is 0. The van der Waals surface area contributed by atoms with Crippen LogP contribution in [0.2, 0.25) is 0 Å². The molecular weight excluding hydrogens is 233 g/mol. The van der Waals surface area contributed by atoms with Crippen molar-refractivity contribution in [3.05, 3.63) is 30.5 Å². The summed E-state index contributed by atoms with van der Waals surface area (Å²) in [6, 6.07) is 0. The first-order valence-electron chi connectivity index (χ1n) is 5.87. The Hall–Kier alpha value is 0.265. The third-order valence-corrected chi connectivity index (χ3v) is 12.0. The highest BCUT2D eigenvalue weighted by Gasteiger charge is 2.63. The maximum absolute atomic E-state index is 7.17. The maximum atomic E-state index is 7.17. The summed E-state index contributed by atoms with van der Waals surface area (Å²) in [6.45, 7) is 12.0. The highest BCUT2D eigenvalue weighted by Crippen LogP contribution is 2.82. The first kappa shape index (κ1) is 14.3. The zero-order valence-corrected chi connectivity index (χ0v) is 12.9. The van der Waals surface area contributed by atoms with Gasteiger partial charge in [-0.25, -0.2) is 0 Å². The van der Waals surface area contributed by atoms with Gasteiger partial charge in [-0.05, 0) is 41.5 Å². The van der Waals surface area contributed by atoms with Crippen molar-refractivity contribution in [2.75, 3.05) is 0 Å². The fourth-order valence-electron chi connectivity index (χ4n) is 2.62. The van der Waals surface area contributed by atoms with Gasteiger partial charge in [0.15, 0.2) is 0 Å². The van der Waals surface area contributed by atoms with Crippen LogP contribution in [0, 0.1) is 6.32 Å². The molecule has 0 atom stereocenters. The number of hydrogen-bond acceptors (Lipinski definition) is 0. The summed E-state index contributed by atoms with van der Waals surface area (Å²) in [6.07, 6.45) is 8.98. The summed E-state index contributed by atoms with van der Waals surface area (Å²) in [7, 11) is 0. The second-order valence-electron chi connectivity index (χ2n) is 6.43. The summed E-state index contributed by atoms with van der Waals surface area (Å²) >= 11 is 7.17. The van der Waals surface area contributed by atoms with Crippen LogP contribution < -0.4 is 0 Å². The van der Waals surface area contributed by atoms with Gasteiger partial charge in [-0.15, -0.1) is 0 Å². The second-order valence-corrected chi connectivity index (χ2v) is 12.6. The minimum atomic E-state index is -1.63. The Labute approximate surface area is 107 Å². The van der Waals surface area contributed by atoms with Crippen molar-refractivity contribution >= 4 is 24.2 Å². The minimum Gasteiger partial charge on any atom is -0.0842 e. The molecule has 0 spiro atoms. The Morgan fingerprint density at radius 2 is 1.38 bits per heavy atom. The fraction of sp³-hybridized carbons (Fsp3) is 0.615. The van der Waals surface area contributed by atoms with Crippen molar-refractivity contribution in [2.24, 2.45) is 0 Å². The predicted molar refractivity (Wildman–Crippen MR) is 80.6 cm³/mol. The zero-order valence-electron chi connectivity index (χ0n) is 11.3. The molecule has 0 saturated carbocycles. The van der Waals surface area contributed by atoms with Gasteiger partial charge in [0.05, 0.1) is 28.0 Å². The van der Waals surface area contributed by atoms with Gasteiger partial charge in [0, 0.05) is 6.32 Å². The van der Waals surface area contributed by atoms with E-state index in [0.717, 1.165) is 0 Å². The van der Waals surface area contributed by atoms with Crippen LogP contribution in [0.15, 0.2) is 24.2 Å². The normalized spacial score (nSPS) is 18.1. The van der Waals surface area contributed by atoms with Crippen LogP contribution in [0.25, 0.3) is 0 Å². The van der Waals surface area contributed by atoms with Crippen molar-refractivity contribution in [3.8, 4) is 0 Å². The van der Waals surface area contributed by atoms with Crippen LogP contribution in [0.3, 0.4) is 0 Å². The zero-order chi connectivity index (χ0) is 12.6. The lowest BCUT2D eigenvalue weighted by Crippen LogP contribution is -2.39. The quantitative estimate of drug-likeness (QED) is 0.449. The molecule has 1 rings (SSSR count). The predicted octanol–water partition coefficient (Wildman–Crippen LogP) is 5.15. The molecule has 1 aliphatic rings. The smallest absolute Gasteiger partial charge is 0.0842 e. The lowest BCUT2D eigenvalue weighted by atomic mass is 9.69. The molecule has 0 aromatic heterocycles. The van der Waals surface area contributed by atoms with Crippen molar-refractivity contribution in [2.45, 2.75) is 51.9 Å². The van der Waals surface area contributed by atoms with Crippen LogP contribution in [-0.2, 0) is 0 Å². The first-order valence-corrected chi connectivity index (χ1v) is 8.64. The number of hydrogen-bond donors (Lipinski definition) is 0. The van der Waals surface area contributed by atoms with E-state index in [0.29, 0.717) is 6.43 Å². The molecule has 0 aliphatic carbocycles. The van der Waals surface area contributed by atoms with E-state index >= 15 is 0 Å². The second kappa shape index (κ2) is 4.50. The lowest BCUT2D eigenvalue weighted by molar-refractivity contribution is 0.712. The topological polar surface area (TPSA) is 0 Å². The average molecular weight is 257 g/mol. The summed E-state index contributed by atoms with van der Waals surface area (Å²) in [5, 5.41) is 0.312. The van der Waals surface area contributed by atoms with E-state index in [4.69, 9.17) is 11.2 Å². The third-order valence-electron chi connectivity index (χ3n) is 3.20. The Balaban J connectivity index is 3.16. The SMILES string of the molecule is CC(C)(C)[P+](Cl)(B1[CH]C=CC=C1)C(C)(C)C.